The van der Waals surface area contributed by atoms with Crippen molar-refractivity contribution in [2.75, 3.05) is 42.5 Å². The number of hydrogen-bond donors (Lipinski definition) is 0. The number of piperazine rings is 1. The monoisotopic (exact) mass is 403 g/mol. The summed E-state index contributed by atoms with van der Waals surface area (Å²) in [5, 5.41) is 0. The molecular formula is C20H26ClN5O2. The van der Waals surface area contributed by atoms with E-state index in [-0.39, 0.29) is 30.1 Å². The van der Waals surface area contributed by atoms with E-state index in [1.165, 1.54) is 0 Å². The molecule has 0 N–H and O–H groups in total. The van der Waals surface area contributed by atoms with Gasteiger partial charge in [0.1, 0.15) is 0 Å². The van der Waals surface area contributed by atoms with Gasteiger partial charge in [0, 0.05) is 64.3 Å². The number of aryl methyl sites for hydroxylation is 2. The molecule has 2 aliphatic rings. The lowest BCUT2D eigenvalue weighted by molar-refractivity contribution is -0.136. The third-order valence-electron chi connectivity index (χ3n) is 5.49. The molecule has 0 saturated carbocycles. The first kappa shape index (κ1) is 20.2. The molecule has 8 heteroatoms. The maximum atomic E-state index is 12.9. The Morgan fingerprint density at radius 3 is 2.39 bits per heavy atom. The molecule has 4 rings (SSSR count). The molecule has 0 aliphatic carbocycles. The van der Waals surface area contributed by atoms with Gasteiger partial charge in [-0.25, -0.2) is 4.98 Å². The average molecular weight is 404 g/mol. The van der Waals surface area contributed by atoms with Crippen LogP contribution in [0, 0.1) is 12.8 Å². The van der Waals surface area contributed by atoms with Crippen molar-refractivity contribution in [1.29, 1.82) is 0 Å². The highest BCUT2D eigenvalue weighted by Gasteiger charge is 2.38. The normalized spacial score (nSPS) is 19.7. The van der Waals surface area contributed by atoms with Crippen LogP contribution in [0.1, 0.15) is 12.0 Å². The highest BCUT2D eigenvalue weighted by Crippen LogP contribution is 2.27. The Balaban J connectivity index is 0.00000225. The second-order valence-electron chi connectivity index (χ2n) is 7.39. The number of carbonyl (C=O) groups is 2. The number of aromatic nitrogens is 2. The standard InChI is InChI=1S/C20H25N5O2.ClH/c1-15-3-5-17(6-4-15)25-14-16(13-18(25)26)19(27)23-9-11-24(12-10-23)20-21-7-8-22(20)2;/h3-8,16H,9-14H2,1-2H3;1H. The van der Waals surface area contributed by atoms with Crippen molar-refractivity contribution in [1.82, 2.24) is 14.5 Å². The van der Waals surface area contributed by atoms with E-state index in [0.717, 1.165) is 30.3 Å². The molecule has 1 aromatic carbocycles. The van der Waals surface area contributed by atoms with Gasteiger partial charge in [0.15, 0.2) is 0 Å². The van der Waals surface area contributed by atoms with Crippen molar-refractivity contribution in [2.45, 2.75) is 13.3 Å². The van der Waals surface area contributed by atoms with E-state index >= 15 is 0 Å². The first-order chi connectivity index (χ1) is 13.0. The summed E-state index contributed by atoms with van der Waals surface area (Å²) in [5.74, 6) is 0.809. The van der Waals surface area contributed by atoms with Gasteiger partial charge < -0.3 is 19.3 Å². The fourth-order valence-electron chi connectivity index (χ4n) is 3.89. The third kappa shape index (κ3) is 3.85. The van der Waals surface area contributed by atoms with E-state index in [4.69, 9.17) is 0 Å². The maximum absolute atomic E-state index is 12.9. The SMILES string of the molecule is Cc1ccc(N2CC(C(=O)N3CCN(c4nccn4C)CC3)CC2=O)cc1.Cl. The second-order valence-corrected chi connectivity index (χ2v) is 7.39. The molecule has 0 bridgehead atoms. The van der Waals surface area contributed by atoms with E-state index in [1.807, 2.05) is 53.9 Å². The first-order valence-corrected chi connectivity index (χ1v) is 9.41. The molecule has 2 aromatic rings. The summed E-state index contributed by atoms with van der Waals surface area (Å²) in [6.45, 7) is 5.35. The van der Waals surface area contributed by atoms with Gasteiger partial charge in [-0.1, -0.05) is 17.7 Å². The predicted molar refractivity (Wildman–Crippen MR) is 111 cm³/mol. The number of anilines is 2. The third-order valence-corrected chi connectivity index (χ3v) is 5.49. The van der Waals surface area contributed by atoms with Crippen LogP contribution in [0.5, 0.6) is 0 Å². The summed E-state index contributed by atoms with van der Waals surface area (Å²) >= 11 is 0. The van der Waals surface area contributed by atoms with Gasteiger partial charge in [-0.2, -0.15) is 0 Å². The Labute approximate surface area is 171 Å². The molecule has 1 atom stereocenters. The minimum Gasteiger partial charge on any atom is -0.339 e. The number of carbonyl (C=O) groups excluding carboxylic acids is 2. The van der Waals surface area contributed by atoms with Crippen molar-refractivity contribution >= 4 is 35.9 Å². The molecular weight excluding hydrogens is 378 g/mol. The smallest absolute Gasteiger partial charge is 0.228 e. The molecule has 28 heavy (non-hydrogen) atoms. The number of rotatable bonds is 3. The zero-order valence-electron chi connectivity index (χ0n) is 16.2. The highest BCUT2D eigenvalue weighted by atomic mass is 35.5. The van der Waals surface area contributed by atoms with Gasteiger partial charge in [0.2, 0.25) is 17.8 Å². The number of amides is 2. The van der Waals surface area contributed by atoms with Crippen molar-refractivity contribution in [3.8, 4) is 0 Å². The maximum Gasteiger partial charge on any atom is 0.228 e. The summed E-state index contributed by atoms with van der Waals surface area (Å²) in [6.07, 6.45) is 4.01. The Morgan fingerprint density at radius 1 is 1.11 bits per heavy atom. The Hall–Kier alpha value is -2.54. The molecule has 0 radical (unpaired) electrons. The Kier molecular flexibility index (Phi) is 5.93. The molecule has 2 fully saturated rings. The summed E-state index contributed by atoms with van der Waals surface area (Å²) in [4.78, 5) is 35.6. The number of nitrogens with zero attached hydrogens (tertiary/aromatic N) is 5. The predicted octanol–water partition coefficient (Wildman–Crippen LogP) is 1.85. The Bertz CT molecular complexity index is 843. The van der Waals surface area contributed by atoms with Gasteiger partial charge in [0.25, 0.3) is 0 Å². The largest absolute Gasteiger partial charge is 0.339 e. The van der Waals surface area contributed by atoms with E-state index in [2.05, 4.69) is 9.88 Å². The van der Waals surface area contributed by atoms with Gasteiger partial charge in [-0.15, -0.1) is 12.4 Å². The number of benzene rings is 1. The number of imidazole rings is 1. The van der Waals surface area contributed by atoms with Crippen LogP contribution in [0.25, 0.3) is 0 Å². The molecule has 0 spiro atoms. The van der Waals surface area contributed by atoms with Crippen molar-refractivity contribution in [2.24, 2.45) is 13.0 Å². The summed E-state index contributed by atoms with van der Waals surface area (Å²) in [6, 6.07) is 7.89. The topological polar surface area (TPSA) is 61.7 Å². The lowest BCUT2D eigenvalue weighted by Crippen LogP contribution is -2.51. The van der Waals surface area contributed by atoms with Crippen LogP contribution >= 0.6 is 12.4 Å². The van der Waals surface area contributed by atoms with Crippen LogP contribution in [0.4, 0.5) is 11.6 Å². The lowest BCUT2D eigenvalue weighted by atomic mass is 10.1. The van der Waals surface area contributed by atoms with Gasteiger partial charge in [0.05, 0.1) is 5.92 Å². The van der Waals surface area contributed by atoms with Crippen molar-refractivity contribution in [3.63, 3.8) is 0 Å². The van der Waals surface area contributed by atoms with Gasteiger partial charge in [-0.3, -0.25) is 9.59 Å². The lowest BCUT2D eigenvalue weighted by Gasteiger charge is -2.36. The summed E-state index contributed by atoms with van der Waals surface area (Å²) in [5.41, 5.74) is 2.03. The Morgan fingerprint density at radius 2 is 1.79 bits per heavy atom. The second kappa shape index (κ2) is 8.22. The average Bonchev–Trinajstić information content (AvgIpc) is 3.28. The van der Waals surface area contributed by atoms with E-state index in [0.29, 0.717) is 26.1 Å². The quantitative estimate of drug-likeness (QED) is 0.784. The number of hydrogen-bond acceptors (Lipinski definition) is 4. The van der Waals surface area contributed by atoms with Gasteiger partial charge in [-0.05, 0) is 19.1 Å². The van der Waals surface area contributed by atoms with Crippen LogP contribution in [0.15, 0.2) is 36.7 Å². The zero-order valence-corrected chi connectivity index (χ0v) is 17.1. The summed E-state index contributed by atoms with van der Waals surface area (Å²) in [7, 11) is 1.98. The minimum atomic E-state index is -0.251. The van der Waals surface area contributed by atoms with Crippen molar-refractivity contribution < 1.29 is 9.59 Å². The van der Waals surface area contributed by atoms with E-state index in [9.17, 15) is 9.59 Å². The van der Waals surface area contributed by atoms with Gasteiger partial charge >= 0.3 is 0 Å². The molecule has 7 nitrogen and oxygen atoms in total. The minimum absolute atomic E-state index is 0. The number of halogens is 1. The molecule has 150 valence electrons. The molecule has 3 heterocycles. The fourth-order valence-corrected chi connectivity index (χ4v) is 3.89. The zero-order chi connectivity index (χ0) is 19.0. The highest BCUT2D eigenvalue weighted by molar-refractivity contribution is 6.00. The first-order valence-electron chi connectivity index (χ1n) is 9.41. The fraction of sp³-hybridized carbons (Fsp3) is 0.450. The van der Waals surface area contributed by atoms with Crippen LogP contribution in [-0.2, 0) is 16.6 Å². The van der Waals surface area contributed by atoms with E-state index in [1.54, 1.807) is 11.1 Å². The van der Waals surface area contributed by atoms with Crippen LogP contribution in [0.3, 0.4) is 0 Å². The summed E-state index contributed by atoms with van der Waals surface area (Å²) < 4.78 is 1.99. The molecule has 1 unspecified atom stereocenters. The molecule has 2 saturated heterocycles. The molecule has 2 amide bonds. The molecule has 1 aromatic heterocycles. The van der Waals surface area contributed by atoms with Crippen LogP contribution in [0.2, 0.25) is 0 Å². The van der Waals surface area contributed by atoms with E-state index < -0.39 is 0 Å². The van der Waals surface area contributed by atoms with Crippen LogP contribution < -0.4 is 9.80 Å². The van der Waals surface area contributed by atoms with Crippen molar-refractivity contribution in [3.05, 3.63) is 42.2 Å². The molecule has 2 aliphatic heterocycles. The van der Waals surface area contributed by atoms with Crippen LogP contribution in [-0.4, -0.2) is 59.0 Å².